The Labute approximate surface area is 86.7 Å². The maximum absolute atomic E-state index is 10.5. The number of aromatic nitrogens is 1. The summed E-state index contributed by atoms with van der Waals surface area (Å²) in [5.74, 6) is -0.935. The Morgan fingerprint density at radius 2 is 2.14 bits per heavy atom. The molecule has 0 unspecified atom stereocenters. The molecule has 76 valence electrons. The lowest BCUT2D eigenvalue weighted by atomic mass is 10.4. The van der Waals surface area contributed by atoms with Crippen LogP contribution in [-0.4, -0.2) is 16.1 Å². The van der Waals surface area contributed by atoms with Crippen LogP contribution in [0.2, 0.25) is 0 Å². The molecule has 0 atom stereocenters. The van der Waals surface area contributed by atoms with Gasteiger partial charge in [-0.05, 0) is 19.1 Å². The van der Waals surface area contributed by atoms with Gasteiger partial charge in [-0.2, -0.15) is 0 Å². The first-order valence-electron chi connectivity index (χ1n) is 3.70. The standard InChI is InChI=1S/C5H5NOS.C4H6O2/c7-5-4(8)2-1-3-6-5;1-3(2)4(5)6/h1-3,8H,(H,6,7);1H2,2H3,(H,5,6). The molecule has 0 aliphatic heterocycles. The third-order valence-electron chi connectivity index (χ3n) is 1.16. The van der Waals surface area contributed by atoms with Gasteiger partial charge >= 0.3 is 5.97 Å². The predicted molar refractivity (Wildman–Crippen MR) is 56.8 cm³/mol. The number of carbonyl (C=O) groups is 1. The predicted octanol–water partition coefficient (Wildman–Crippen LogP) is 1.31. The van der Waals surface area contributed by atoms with Gasteiger partial charge in [-0.1, -0.05) is 6.58 Å². The van der Waals surface area contributed by atoms with E-state index >= 15 is 0 Å². The normalized spacial score (nSPS) is 8.43. The first kappa shape index (κ1) is 12.5. The quantitative estimate of drug-likeness (QED) is 0.486. The smallest absolute Gasteiger partial charge is 0.330 e. The molecule has 1 aromatic heterocycles. The van der Waals surface area contributed by atoms with Crippen molar-refractivity contribution in [3.8, 4) is 0 Å². The number of pyridine rings is 1. The van der Waals surface area contributed by atoms with E-state index in [0.717, 1.165) is 0 Å². The molecule has 0 aliphatic rings. The van der Waals surface area contributed by atoms with Gasteiger partial charge in [0.1, 0.15) is 0 Å². The zero-order valence-corrected chi connectivity index (χ0v) is 8.54. The molecule has 0 spiro atoms. The van der Waals surface area contributed by atoms with Crippen molar-refractivity contribution in [1.82, 2.24) is 4.98 Å². The zero-order valence-electron chi connectivity index (χ0n) is 7.65. The van der Waals surface area contributed by atoms with Gasteiger partial charge in [0, 0.05) is 11.8 Å². The SMILES string of the molecule is C=C(C)C(=O)O.O=c1[nH]cccc1S. The summed E-state index contributed by atoms with van der Waals surface area (Å²) in [5.41, 5.74) is 0.0332. The van der Waals surface area contributed by atoms with E-state index in [1.807, 2.05) is 0 Å². The highest BCUT2D eigenvalue weighted by molar-refractivity contribution is 7.80. The second-order valence-electron chi connectivity index (χ2n) is 2.47. The molecule has 0 saturated heterocycles. The molecule has 0 fully saturated rings. The molecular formula is C9H11NO3S. The Morgan fingerprint density at radius 1 is 1.64 bits per heavy atom. The first-order chi connectivity index (χ1) is 6.45. The van der Waals surface area contributed by atoms with Gasteiger partial charge < -0.3 is 10.1 Å². The monoisotopic (exact) mass is 213 g/mol. The highest BCUT2D eigenvalue weighted by atomic mass is 32.1. The van der Waals surface area contributed by atoms with Crippen molar-refractivity contribution in [2.45, 2.75) is 11.8 Å². The number of carboxylic acids is 1. The Kier molecular flexibility index (Phi) is 5.40. The Balaban J connectivity index is 0.000000255. The van der Waals surface area contributed by atoms with Gasteiger partial charge in [-0.3, -0.25) is 4.79 Å². The van der Waals surface area contributed by atoms with Crippen LogP contribution in [0.5, 0.6) is 0 Å². The fourth-order valence-corrected chi connectivity index (χ4v) is 0.563. The third-order valence-corrected chi connectivity index (χ3v) is 1.51. The lowest BCUT2D eigenvalue weighted by molar-refractivity contribution is -0.132. The maximum atomic E-state index is 10.5. The molecule has 0 radical (unpaired) electrons. The molecule has 0 amide bonds. The van der Waals surface area contributed by atoms with Crippen LogP contribution in [0.1, 0.15) is 6.92 Å². The fourth-order valence-electron chi connectivity index (χ4n) is 0.413. The molecule has 2 N–H and O–H groups in total. The van der Waals surface area contributed by atoms with Crippen LogP contribution in [0.25, 0.3) is 0 Å². The summed E-state index contributed by atoms with van der Waals surface area (Å²) in [4.78, 5) is 23.0. The lowest BCUT2D eigenvalue weighted by Crippen LogP contribution is -2.03. The third kappa shape index (κ3) is 5.21. The Hall–Kier alpha value is -1.49. The number of aromatic amines is 1. The summed E-state index contributed by atoms with van der Waals surface area (Å²) in [7, 11) is 0. The summed E-state index contributed by atoms with van der Waals surface area (Å²) >= 11 is 3.85. The van der Waals surface area contributed by atoms with E-state index in [9.17, 15) is 9.59 Å². The molecule has 0 aliphatic carbocycles. The van der Waals surface area contributed by atoms with Crippen molar-refractivity contribution in [2.24, 2.45) is 0 Å². The molecule has 1 rings (SSSR count). The molecule has 0 bridgehead atoms. The van der Waals surface area contributed by atoms with Gasteiger partial charge in [-0.25, -0.2) is 4.79 Å². The highest BCUT2D eigenvalue weighted by Gasteiger charge is 1.90. The summed E-state index contributed by atoms with van der Waals surface area (Å²) in [6, 6.07) is 3.37. The number of thiol groups is 1. The summed E-state index contributed by atoms with van der Waals surface area (Å²) in [6.07, 6.45) is 1.57. The highest BCUT2D eigenvalue weighted by Crippen LogP contribution is 1.91. The largest absolute Gasteiger partial charge is 0.478 e. The van der Waals surface area contributed by atoms with E-state index in [-0.39, 0.29) is 11.1 Å². The lowest BCUT2D eigenvalue weighted by Gasteiger charge is -1.82. The van der Waals surface area contributed by atoms with Crippen LogP contribution in [-0.2, 0) is 4.79 Å². The van der Waals surface area contributed by atoms with Crippen LogP contribution < -0.4 is 5.56 Å². The van der Waals surface area contributed by atoms with E-state index < -0.39 is 5.97 Å². The number of hydrogen-bond donors (Lipinski definition) is 3. The average molecular weight is 213 g/mol. The van der Waals surface area contributed by atoms with E-state index in [0.29, 0.717) is 4.90 Å². The molecular weight excluding hydrogens is 202 g/mol. The van der Waals surface area contributed by atoms with Crippen LogP contribution >= 0.6 is 12.6 Å². The minimum absolute atomic E-state index is 0.143. The van der Waals surface area contributed by atoms with Gasteiger partial charge in [0.15, 0.2) is 0 Å². The Morgan fingerprint density at radius 3 is 2.36 bits per heavy atom. The number of carboxylic acid groups (broad SMARTS) is 1. The molecule has 5 heteroatoms. The van der Waals surface area contributed by atoms with Gasteiger partial charge in [0.25, 0.3) is 5.56 Å². The topological polar surface area (TPSA) is 70.2 Å². The first-order valence-corrected chi connectivity index (χ1v) is 4.15. The zero-order chi connectivity index (χ0) is 11.1. The van der Waals surface area contributed by atoms with E-state index in [2.05, 4.69) is 24.2 Å². The molecule has 4 nitrogen and oxygen atoms in total. The number of hydrogen-bond acceptors (Lipinski definition) is 3. The second kappa shape index (κ2) is 6.04. The van der Waals surface area contributed by atoms with E-state index in [4.69, 9.17) is 5.11 Å². The summed E-state index contributed by atoms with van der Waals surface area (Å²) in [6.45, 7) is 4.60. The molecule has 1 aromatic rings. The van der Waals surface area contributed by atoms with Crippen molar-refractivity contribution in [2.75, 3.05) is 0 Å². The van der Waals surface area contributed by atoms with Crippen molar-refractivity contribution < 1.29 is 9.90 Å². The number of rotatable bonds is 1. The molecule has 0 saturated carbocycles. The van der Waals surface area contributed by atoms with Crippen LogP contribution in [0, 0.1) is 0 Å². The van der Waals surface area contributed by atoms with Crippen LogP contribution in [0.4, 0.5) is 0 Å². The fraction of sp³-hybridized carbons (Fsp3) is 0.111. The van der Waals surface area contributed by atoms with Crippen molar-refractivity contribution in [3.63, 3.8) is 0 Å². The average Bonchev–Trinajstić information content (AvgIpc) is 2.11. The van der Waals surface area contributed by atoms with Crippen LogP contribution in [0.3, 0.4) is 0 Å². The van der Waals surface area contributed by atoms with Crippen molar-refractivity contribution >= 4 is 18.6 Å². The summed E-state index contributed by atoms with van der Waals surface area (Å²) in [5, 5.41) is 7.89. The molecule has 1 heterocycles. The van der Waals surface area contributed by atoms with E-state index in [1.165, 1.54) is 6.92 Å². The van der Waals surface area contributed by atoms with Crippen molar-refractivity contribution in [1.29, 1.82) is 0 Å². The number of nitrogens with one attached hydrogen (secondary N) is 1. The van der Waals surface area contributed by atoms with Crippen LogP contribution in [0.15, 0.2) is 40.2 Å². The van der Waals surface area contributed by atoms with Gasteiger partial charge in [-0.15, -0.1) is 12.6 Å². The minimum atomic E-state index is -0.935. The maximum Gasteiger partial charge on any atom is 0.330 e. The molecule has 0 aromatic carbocycles. The minimum Gasteiger partial charge on any atom is -0.478 e. The Bertz CT molecular complexity index is 372. The van der Waals surface area contributed by atoms with Gasteiger partial charge in [0.05, 0.1) is 4.90 Å². The summed E-state index contributed by atoms with van der Waals surface area (Å²) < 4.78 is 0. The van der Waals surface area contributed by atoms with Crippen molar-refractivity contribution in [3.05, 3.63) is 40.8 Å². The van der Waals surface area contributed by atoms with Gasteiger partial charge in [0.2, 0.25) is 0 Å². The molecule has 14 heavy (non-hydrogen) atoms. The van der Waals surface area contributed by atoms with E-state index in [1.54, 1.807) is 18.3 Å². The number of aliphatic carboxylic acids is 1. The second-order valence-corrected chi connectivity index (χ2v) is 2.95. The number of H-pyrrole nitrogens is 1.